The number of ether oxygens (including phenoxy) is 1. The van der Waals surface area contributed by atoms with Gasteiger partial charge in [0.15, 0.2) is 5.96 Å². The lowest BCUT2D eigenvalue weighted by atomic mass is 9.93. The average Bonchev–Trinajstić information content (AvgIpc) is 2.51. The molecular weight excluding hydrogens is 294 g/mol. The number of hydrogen-bond acceptors (Lipinski definition) is 4. The topological polar surface area (TPSA) is 92.0 Å². The van der Waals surface area contributed by atoms with Gasteiger partial charge in [0.1, 0.15) is 0 Å². The third-order valence-electron chi connectivity index (χ3n) is 4.20. The smallest absolute Gasteiger partial charge is 0.224 e. The predicted molar refractivity (Wildman–Crippen MR) is 93.4 cm³/mol. The van der Waals surface area contributed by atoms with E-state index in [1.165, 1.54) is 0 Å². The number of nitrogens with zero attached hydrogens (tertiary/aromatic N) is 2. The fraction of sp³-hybridized carbons (Fsp3) is 0.875. The van der Waals surface area contributed by atoms with Gasteiger partial charge in [0.2, 0.25) is 5.91 Å². The molecule has 1 saturated heterocycles. The van der Waals surface area contributed by atoms with E-state index in [1.807, 2.05) is 20.8 Å². The molecule has 23 heavy (non-hydrogen) atoms. The molecule has 0 bridgehead atoms. The van der Waals surface area contributed by atoms with Crippen molar-refractivity contribution in [3.05, 3.63) is 0 Å². The van der Waals surface area contributed by atoms with E-state index in [2.05, 4.69) is 34.4 Å². The lowest BCUT2D eigenvalue weighted by molar-refractivity contribution is -0.125. The monoisotopic (exact) mass is 327 g/mol. The molecule has 0 atom stereocenters. The zero-order valence-electron chi connectivity index (χ0n) is 15.2. The lowest BCUT2D eigenvalue weighted by Gasteiger charge is -2.40. The van der Waals surface area contributed by atoms with Gasteiger partial charge in [0.25, 0.3) is 0 Å². The molecule has 1 rings (SSSR count). The molecule has 0 spiro atoms. The summed E-state index contributed by atoms with van der Waals surface area (Å²) in [6, 6.07) is 0. The maximum atomic E-state index is 11.4. The first kappa shape index (κ1) is 19.7. The van der Waals surface area contributed by atoms with Crippen molar-refractivity contribution in [1.82, 2.24) is 15.5 Å². The van der Waals surface area contributed by atoms with E-state index in [-0.39, 0.29) is 11.4 Å². The number of guanidine groups is 1. The minimum atomic E-state index is -0.615. The van der Waals surface area contributed by atoms with Crippen LogP contribution in [-0.2, 0) is 9.53 Å². The van der Waals surface area contributed by atoms with E-state index < -0.39 is 5.41 Å². The highest BCUT2D eigenvalue weighted by Gasteiger charge is 2.28. The highest BCUT2D eigenvalue weighted by molar-refractivity contribution is 5.83. The Morgan fingerprint density at radius 2 is 1.83 bits per heavy atom. The van der Waals surface area contributed by atoms with Crippen molar-refractivity contribution in [2.75, 3.05) is 45.9 Å². The van der Waals surface area contributed by atoms with Gasteiger partial charge in [-0.05, 0) is 34.6 Å². The van der Waals surface area contributed by atoms with Gasteiger partial charge in [-0.2, -0.15) is 0 Å². The van der Waals surface area contributed by atoms with Crippen molar-refractivity contribution in [3.63, 3.8) is 0 Å². The molecule has 1 aliphatic rings. The molecule has 0 saturated carbocycles. The second kappa shape index (κ2) is 8.49. The molecule has 0 aromatic carbocycles. The van der Waals surface area contributed by atoms with Crippen LogP contribution in [0.3, 0.4) is 0 Å². The summed E-state index contributed by atoms with van der Waals surface area (Å²) in [5.41, 5.74) is 4.76. The molecule has 0 aliphatic carbocycles. The Kier molecular flexibility index (Phi) is 7.28. The Balaban J connectivity index is 2.64. The Morgan fingerprint density at radius 3 is 2.35 bits per heavy atom. The summed E-state index contributed by atoms with van der Waals surface area (Å²) in [6.45, 7) is 15.3. The van der Waals surface area contributed by atoms with E-state index in [9.17, 15) is 4.79 Å². The maximum absolute atomic E-state index is 11.4. The number of carbonyl (C=O) groups is 1. The number of nitrogens with two attached hydrogens (primary N) is 1. The first-order valence-electron chi connectivity index (χ1n) is 8.34. The number of hydrogen-bond donors (Lipinski definition) is 3. The molecule has 7 nitrogen and oxygen atoms in total. The first-order chi connectivity index (χ1) is 10.7. The van der Waals surface area contributed by atoms with Crippen molar-refractivity contribution < 1.29 is 9.53 Å². The Bertz CT molecular complexity index is 415. The maximum Gasteiger partial charge on any atom is 0.224 e. The van der Waals surface area contributed by atoms with E-state index in [0.717, 1.165) is 32.8 Å². The van der Waals surface area contributed by atoms with Crippen molar-refractivity contribution in [2.45, 2.75) is 40.2 Å². The van der Waals surface area contributed by atoms with Crippen LogP contribution in [0.1, 0.15) is 34.6 Å². The summed E-state index contributed by atoms with van der Waals surface area (Å²) in [4.78, 5) is 18.5. The van der Waals surface area contributed by atoms with Gasteiger partial charge in [0.05, 0.1) is 25.2 Å². The quantitative estimate of drug-likeness (QED) is 0.458. The standard InChI is InChI=1S/C16H33N5O2/c1-6-18-14(19-11-15(2,3)13(17)22)20-12-16(4,5)21-7-9-23-10-8-21/h6-12H2,1-5H3,(H2,17,22)(H2,18,19,20). The van der Waals surface area contributed by atoms with Gasteiger partial charge in [0, 0.05) is 31.7 Å². The molecule has 1 fully saturated rings. The van der Waals surface area contributed by atoms with Crippen LogP contribution in [0.2, 0.25) is 0 Å². The van der Waals surface area contributed by atoms with Crippen LogP contribution >= 0.6 is 0 Å². The number of primary amides is 1. The number of morpholine rings is 1. The van der Waals surface area contributed by atoms with Crippen LogP contribution in [-0.4, -0.2) is 68.2 Å². The van der Waals surface area contributed by atoms with Crippen LogP contribution in [0.25, 0.3) is 0 Å². The molecule has 0 aromatic rings. The van der Waals surface area contributed by atoms with Gasteiger partial charge in [-0.25, -0.2) is 0 Å². The second-order valence-electron chi connectivity index (χ2n) is 7.21. The normalized spacial score (nSPS) is 17.9. The molecular formula is C16H33N5O2. The van der Waals surface area contributed by atoms with Crippen LogP contribution in [0, 0.1) is 5.41 Å². The van der Waals surface area contributed by atoms with Crippen LogP contribution in [0.15, 0.2) is 4.99 Å². The number of amides is 1. The molecule has 1 heterocycles. The van der Waals surface area contributed by atoms with Gasteiger partial charge in [-0.15, -0.1) is 0 Å². The van der Waals surface area contributed by atoms with Crippen LogP contribution in [0.5, 0.6) is 0 Å². The summed E-state index contributed by atoms with van der Waals surface area (Å²) in [6.07, 6.45) is 0. The van der Waals surface area contributed by atoms with Crippen LogP contribution in [0.4, 0.5) is 0 Å². The Morgan fingerprint density at radius 1 is 1.22 bits per heavy atom. The summed E-state index contributed by atoms with van der Waals surface area (Å²) in [7, 11) is 0. The van der Waals surface area contributed by atoms with Gasteiger partial charge >= 0.3 is 0 Å². The van der Waals surface area contributed by atoms with Gasteiger partial charge in [-0.1, -0.05) is 0 Å². The molecule has 0 radical (unpaired) electrons. The van der Waals surface area contributed by atoms with E-state index in [1.54, 1.807) is 0 Å². The minimum absolute atomic E-state index is 0.0364. The van der Waals surface area contributed by atoms with Crippen molar-refractivity contribution in [2.24, 2.45) is 16.1 Å². The molecule has 0 aromatic heterocycles. The molecule has 1 aliphatic heterocycles. The third kappa shape index (κ3) is 6.35. The largest absolute Gasteiger partial charge is 0.379 e. The fourth-order valence-electron chi connectivity index (χ4n) is 2.27. The number of nitrogens with one attached hydrogen (secondary N) is 2. The average molecular weight is 327 g/mol. The summed E-state index contributed by atoms with van der Waals surface area (Å²) in [5, 5.41) is 6.43. The zero-order valence-corrected chi connectivity index (χ0v) is 15.2. The zero-order chi connectivity index (χ0) is 17.5. The number of carbonyl (C=O) groups excluding carboxylic acids is 1. The fourth-order valence-corrected chi connectivity index (χ4v) is 2.27. The summed E-state index contributed by atoms with van der Waals surface area (Å²) in [5.74, 6) is 0.387. The SMILES string of the molecule is CCNC(=NCC(C)(C)N1CCOCC1)NCC(C)(C)C(N)=O. The lowest BCUT2D eigenvalue weighted by Crippen LogP contribution is -2.52. The Hall–Kier alpha value is -1.34. The highest BCUT2D eigenvalue weighted by Crippen LogP contribution is 2.16. The van der Waals surface area contributed by atoms with E-state index in [4.69, 9.17) is 10.5 Å². The van der Waals surface area contributed by atoms with Gasteiger partial charge in [-0.3, -0.25) is 14.7 Å². The van der Waals surface area contributed by atoms with Crippen molar-refractivity contribution in [1.29, 1.82) is 0 Å². The predicted octanol–water partition coefficient (Wildman–Crippen LogP) is 0.164. The second-order valence-corrected chi connectivity index (χ2v) is 7.21. The van der Waals surface area contributed by atoms with Crippen molar-refractivity contribution >= 4 is 11.9 Å². The van der Waals surface area contributed by atoms with Gasteiger partial charge < -0.3 is 21.1 Å². The van der Waals surface area contributed by atoms with Crippen LogP contribution < -0.4 is 16.4 Å². The third-order valence-corrected chi connectivity index (χ3v) is 4.20. The number of rotatable bonds is 7. The van der Waals surface area contributed by atoms with Crippen molar-refractivity contribution in [3.8, 4) is 0 Å². The van der Waals surface area contributed by atoms with E-state index in [0.29, 0.717) is 19.0 Å². The molecule has 1 amide bonds. The minimum Gasteiger partial charge on any atom is -0.379 e. The van der Waals surface area contributed by atoms with E-state index >= 15 is 0 Å². The molecule has 4 N–H and O–H groups in total. The summed E-state index contributed by atoms with van der Waals surface area (Å²) < 4.78 is 5.41. The molecule has 0 unspecified atom stereocenters. The first-order valence-corrected chi connectivity index (χ1v) is 8.34. The highest BCUT2D eigenvalue weighted by atomic mass is 16.5. The Labute approximate surface area is 140 Å². The molecule has 134 valence electrons. The summed E-state index contributed by atoms with van der Waals surface area (Å²) >= 11 is 0. The molecule has 7 heteroatoms. The number of aliphatic imine (C=N–C) groups is 1.